The Morgan fingerprint density at radius 1 is 1.59 bits per heavy atom. The van der Waals surface area contributed by atoms with Gasteiger partial charge in [-0.1, -0.05) is 0 Å². The van der Waals surface area contributed by atoms with Crippen molar-refractivity contribution >= 4 is 11.8 Å². The SMILES string of the molecule is O=C(O)CC1CCCCN1c1cc(=O)[nH]cn1. The molecule has 1 fully saturated rings. The minimum Gasteiger partial charge on any atom is -0.481 e. The van der Waals surface area contributed by atoms with Gasteiger partial charge in [0.2, 0.25) is 0 Å². The highest BCUT2D eigenvalue weighted by Gasteiger charge is 2.25. The first-order chi connectivity index (χ1) is 8.16. The summed E-state index contributed by atoms with van der Waals surface area (Å²) >= 11 is 0. The monoisotopic (exact) mass is 237 g/mol. The van der Waals surface area contributed by atoms with Gasteiger partial charge in [-0.25, -0.2) is 4.98 Å². The molecule has 0 spiro atoms. The molecule has 1 atom stereocenters. The molecule has 2 heterocycles. The number of aromatic nitrogens is 2. The lowest BCUT2D eigenvalue weighted by atomic mass is 9.99. The molecule has 1 unspecified atom stereocenters. The lowest BCUT2D eigenvalue weighted by Gasteiger charge is -2.35. The van der Waals surface area contributed by atoms with E-state index >= 15 is 0 Å². The van der Waals surface area contributed by atoms with E-state index in [4.69, 9.17) is 5.11 Å². The Morgan fingerprint density at radius 3 is 3.12 bits per heavy atom. The molecule has 0 radical (unpaired) electrons. The summed E-state index contributed by atoms with van der Waals surface area (Å²) in [4.78, 5) is 30.5. The van der Waals surface area contributed by atoms with Crippen molar-refractivity contribution in [2.24, 2.45) is 0 Å². The molecular weight excluding hydrogens is 222 g/mol. The van der Waals surface area contributed by atoms with E-state index in [1.807, 2.05) is 4.90 Å². The van der Waals surface area contributed by atoms with Gasteiger partial charge in [-0.2, -0.15) is 0 Å². The van der Waals surface area contributed by atoms with Crippen molar-refractivity contribution in [1.82, 2.24) is 9.97 Å². The normalized spacial score (nSPS) is 20.2. The third-order valence-corrected chi connectivity index (χ3v) is 3.00. The Labute approximate surface area is 98.3 Å². The number of hydrogen-bond donors (Lipinski definition) is 2. The number of hydrogen-bond acceptors (Lipinski definition) is 4. The van der Waals surface area contributed by atoms with Crippen molar-refractivity contribution in [3.05, 3.63) is 22.7 Å². The van der Waals surface area contributed by atoms with E-state index in [1.165, 1.54) is 12.4 Å². The molecule has 92 valence electrons. The summed E-state index contributed by atoms with van der Waals surface area (Å²) < 4.78 is 0. The average molecular weight is 237 g/mol. The van der Waals surface area contributed by atoms with Crippen LogP contribution in [0.25, 0.3) is 0 Å². The molecule has 2 N–H and O–H groups in total. The summed E-state index contributed by atoms with van der Waals surface area (Å²) in [6, 6.07) is 1.36. The van der Waals surface area contributed by atoms with Crippen LogP contribution in [-0.2, 0) is 4.79 Å². The molecule has 1 aliphatic heterocycles. The van der Waals surface area contributed by atoms with E-state index in [1.54, 1.807) is 0 Å². The van der Waals surface area contributed by atoms with Crippen LogP contribution in [0.15, 0.2) is 17.2 Å². The fraction of sp³-hybridized carbons (Fsp3) is 0.545. The Bertz CT molecular complexity index is 457. The number of piperidine rings is 1. The molecule has 1 aromatic rings. The van der Waals surface area contributed by atoms with Crippen LogP contribution in [0.3, 0.4) is 0 Å². The highest BCUT2D eigenvalue weighted by Crippen LogP contribution is 2.23. The van der Waals surface area contributed by atoms with Gasteiger partial charge in [-0.3, -0.25) is 9.59 Å². The second-order valence-electron chi connectivity index (χ2n) is 4.21. The standard InChI is InChI=1S/C11H15N3O3/c15-10-6-9(12-7-13-10)14-4-2-1-3-8(14)5-11(16)17/h6-8H,1-5H2,(H,16,17)(H,12,13,15). The molecule has 0 bridgehead atoms. The van der Waals surface area contributed by atoms with Crippen LogP contribution < -0.4 is 10.5 Å². The van der Waals surface area contributed by atoms with Gasteiger partial charge < -0.3 is 15.0 Å². The van der Waals surface area contributed by atoms with Crippen LogP contribution >= 0.6 is 0 Å². The van der Waals surface area contributed by atoms with Gasteiger partial charge >= 0.3 is 5.97 Å². The molecule has 1 saturated heterocycles. The number of carbonyl (C=O) groups is 1. The van der Waals surface area contributed by atoms with Crippen molar-refractivity contribution < 1.29 is 9.90 Å². The van der Waals surface area contributed by atoms with E-state index in [9.17, 15) is 9.59 Å². The van der Waals surface area contributed by atoms with Crippen molar-refractivity contribution in [2.75, 3.05) is 11.4 Å². The molecule has 1 aromatic heterocycles. The smallest absolute Gasteiger partial charge is 0.305 e. The second-order valence-corrected chi connectivity index (χ2v) is 4.21. The van der Waals surface area contributed by atoms with E-state index in [2.05, 4.69) is 9.97 Å². The summed E-state index contributed by atoms with van der Waals surface area (Å²) in [6.45, 7) is 0.758. The van der Waals surface area contributed by atoms with Gasteiger partial charge in [0.25, 0.3) is 5.56 Å². The zero-order chi connectivity index (χ0) is 12.3. The summed E-state index contributed by atoms with van der Waals surface area (Å²) in [6.07, 6.45) is 4.31. The van der Waals surface area contributed by atoms with Crippen molar-refractivity contribution in [3.8, 4) is 0 Å². The minimum absolute atomic E-state index is 0.0597. The fourth-order valence-corrected chi connectivity index (χ4v) is 2.23. The minimum atomic E-state index is -0.813. The maximum Gasteiger partial charge on any atom is 0.305 e. The summed E-state index contributed by atoms with van der Waals surface area (Å²) in [7, 11) is 0. The lowest BCUT2D eigenvalue weighted by Crippen LogP contribution is -2.41. The number of carboxylic acid groups (broad SMARTS) is 1. The Morgan fingerprint density at radius 2 is 2.41 bits per heavy atom. The van der Waals surface area contributed by atoms with Gasteiger partial charge in [0.15, 0.2) is 0 Å². The van der Waals surface area contributed by atoms with Crippen LogP contribution in [0.2, 0.25) is 0 Å². The summed E-state index contributed by atoms with van der Waals surface area (Å²) in [5, 5.41) is 8.87. The predicted octanol–water partition coefficient (Wildman–Crippen LogP) is 0.603. The second kappa shape index (κ2) is 4.99. The Kier molecular flexibility index (Phi) is 3.41. The van der Waals surface area contributed by atoms with Crippen molar-refractivity contribution in [2.45, 2.75) is 31.7 Å². The quantitative estimate of drug-likeness (QED) is 0.804. The van der Waals surface area contributed by atoms with E-state index in [0.717, 1.165) is 25.8 Å². The van der Waals surface area contributed by atoms with Crippen LogP contribution in [0.4, 0.5) is 5.82 Å². The average Bonchev–Trinajstić information content (AvgIpc) is 2.29. The molecule has 6 nitrogen and oxygen atoms in total. The molecule has 0 aromatic carbocycles. The lowest BCUT2D eigenvalue weighted by molar-refractivity contribution is -0.137. The van der Waals surface area contributed by atoms with Crippen molar-refractivity contribution in [1.29, 1.82) is 0 Å². The number of H-pyrrole nitrogens is 1. The van der Waals surface area contributed by atoms with Crippen LogP contribution in [0, 0.1) is 0 Å². The highest BCUT2D eigenvalue weighted by molar-refractivity contribution is 5.68. The third kappa shape index (κ3) is 2.83. The van der Waals surface area contributed by atoms with Gasteiger partial charge in [0.05, 0.1) is 12.7 Å². The fourth-order valence-electron chi connectivity index (χ4n) is 2.23. The molecule has 2 rings (SSSR count). The molecule has 0 saturated carbocycles. The largest absolute Gasteiger partial charge is 0.481 e. The number of nitrogens with zero attached hydrogens (tertiary/aromatic N) is 2. The molecule has 0 amide bonds. The Balaban J connectivity index is 2.21. The number of anilines is 1. The number of rotatable bonds is 3. The van der Waals surface area contributed by atoms with Gasteiger partial charge in [-0.15, -0.1) is 0 Å². The maximum atomic E-state index is 11.2. The van der Waals surface area contributed by atoms with Gasteiger partial charge in [0.1, 0.15) is 5.82 Å². The number of aromatic amines is 1. The van der Waals surface area contributed by atoms with Crippen LogP contribution in [0.1, 0.15) is 25.7 Å². The molecule has 6 heteroatoms. The number of aliphatic carboxylic acids is 1. The molecule has 0 aliphatic carbocycles. The van der Waals surface area contributed by atoms with E-state index in [0.29, 0.717) is 5.82 Å². The summed E-state index contributed by atoms with van der Waals surface area (Å²) in [5.41, 5.74) is -0.213. The molecular formula is C11H15N3O3. The first-order valence-corrected chi connectivity index (χ1v) is 5.70. The first kappa shape index (κ1) is 11.6. The van der Waals surface area contributed by atoms with Crippen LogP contribution in [-0.4, -0.2) is 33.6 Å². The topological polar surface area (TPSA) is 86.3 Å². The van der Waals surface area contributed by atoms with Crippen LogP contribution in [0.5, 0.6) is 0 Å². The number of nitrogens with one attached hydrogen (secondary N) is 1. The zero-order valence-corrected chi connectivity index (χ0v) is 9.43. The third-order valence-electron chi connectivity index (χ3n) is 3.00. The van der Waals surface area contributed by atoms with E-state index < -0.39 is 5.97 Å². The molecule has 1 aliphatic rings. The van der Waals surface area contributed by atoms with E-state index in [-0.39, 0.29) is 18.0 Å². The zero-order valence-electron chi connectivity index (χ0n) is 9.43. The Hall–Kier alpha value is -1.85. The summed E-state index contributed by atoms with van der Waals surface area (Å²) in [5.74, 6) is -0.244. The molecule has 17 heavy (non-hydrogen) atoms. The van der Waals surface area contributed by atoms with Gasteiger partial charge in [-0.05, 0) is 19.3 Å². The number of carboxylic acids is 1. The first-order valence-electron chi connectivity index (χ1n) is 5.70. The van der Waals surface area contributed by atoms with Crippen molar-refractivity contribution in [3.63, 3.8) is 0 Å². The predicted molar refractivity (Wildman–Crippen MR) is 62.1 cm³/mol. The van der Waals surface area contributed by atoms with Gasteiger partial charge in [0, 0.05) is 18.7 Å². The highest BCUT2D eigenvalue weighted by atomic mass is 16.4. The maximum absolute atomic E-state index is 11.2.